The Morgan fingerprint density at radius 2 is 1.54 bits per heavy atom. The standard InChI is InChI=1S/C31H28N2O3S/c1-35-27-17-16-23(19-28(27)36-2)25(18-22-10-4-3-5-11-22)21-33-31(34)26-13-7-9-15-30(26)37-29-14-8-6-12-24(29)20-32/h3-17,19,25H,18,21H2,1-2H3,(H,33,34)/t25-/m1/s1. The number of methoxy groups -OCH3 is 2. The van der Waals surface area contributed by atoms with Gasteiger partial charge in [-0.1, -0.05) is 72.4 Å². The minimum atomic E-state index is -0.156. The summed E-state index contributed by atoms with van der Waals surface area (Å²) in [5.41, 5.74) is 3.39. The highest BCUT2D eigenvalue weighted by Crippen LogP contribution is 2.34. The Bertz CT molecular complexity index is 1400. The van der Waals surface area contributed by atoms with E-state index in [9.17, 15) is 10.1 Å². The molecule has 0 aliphatic heterocycles. The van der Waals surface area contributed by atoms with Crippen molar-refractivity contribution in [2.24, 2.45) is 0 Å². The van der Waals surface area contributed by atoms with Gasteiger partial charge in [0.25, 0.3) is 5.91 Å². The van der Waals surface area contributed by atoms with Gasteiger partial charge in [0.1, 0.15) is 6.07 Å². The van der Waals surface area contributed by atoms with Crippen LogP contribution < -0.4 is 14.8 Å². The van der Waals surface area contributed by atoms with Crippen molar-refractivity contribution < 1.29 is 14.3 Å². The maximum Gasteiger partial charge on any atom is 0.252 e. The number of benzene rings is 4. The van der Waals surface area contributed by atoms with Gasteiger partial charge in [0, 0.05) is 22.3 Å². The Morgan fingerprint density at radius 3 is 2.27 bits per heavy atom. The SMILES string of the molecule is COc1ccc([C@@H](CNC(=O)c2ccccc2Sc2ccccc2C#N)Cc2ccccc2)cc1OC. The number of ether oxygens (including phenoxy) is 2. The molecule has 1 atom stereocenters. The molecule has 186 valence electrons. The lowest BCUT2D eigenvalue weighted by Crippen LogP contribution is -2.29. The maximum atomic E-state index is 13.4. The van der Waals surface area contributed by atoms with E-state index >= 15 is 0 Å². The molecule has 0 unspecified atom stereocenters. The van der Waals surface area contributed by atoms with E-state index < -0.39 is 0 Å². The van der Waals surface area contributed by atoms with Gasteiger partial charge in [0.15, 0.2) is 11.5 Å². The van der Waals surface area contributed by atoms with Crippen molar-refractivity contribution >= 4 is 17.7 Å². The van der Waals surface area contributed by atoms with Gasteiger partial charge in [0.05, 0.1) is 25.3 Å². The number of amides is 1. The van der Waals surface area contributed by atoms with Crippen molar-refractivity contribution in [1.29, 1.82) is 5.26 Å². The lowest BCUT2D eigenvalue weighted by Gasteiger charge is -2.20. The van der Waals surface area contributed by atoms with E-state index in [0.717, 1.165) is 21.8 Å². The van der Waals surface area contributed by atoms with Crippen LogP contribution >= 0.6 is 11.8 Å². The van der Waals surface area contributed by atoms with Crippen LogP contribution in [0, 0.1) is 11.3 Å². The first-order valence-electron chi connectivity index (χ1n) is 11.9. The average Bonchev–Trinajstić information content (AvgIpc) is 2.95. The van der Waals surface area contributed by atoms with Crippen molar-refractivity contribution in [1.82, 2.24) is 5.32 Å². The fourth-order valence-electron chi connectivity index (χ4n) is 4.13. The molecule has 0 spiro atoms. The molecular weight excluding hydrogens is 480 g/mol. The zero-order valence-electron chi connectivity index (χ0n) is 20.8. The van der Waals surface area contributed by atoms with Crippen LogP contribution in [-0.2, 0) is 6.42 Å². The molecule has 0 heterocycles. The number of nitrogens with one attached hydrogen (secondary N) is 1. The minimum absolute atomic E-state index is 0.0188. The molecule has 0 radical (unpaired) electrons. The van der Waals surface area contributed by atoms with E-state index in [-0.39, 0.29) is 11.8 Å². The summed E-state index contributed by atoms with van der Waals surface area (Å²) in [5, 5.41) is 12.6. The smallest absolute Gasteiger partial charge is 0.252 e. The average molecular weight is 509 g/mol. The van der Waals surface area contributed by atoms with Gasteiger partial charge in [-0.3, -0.25) is 4.79 Å². The third-order valence-corrected chi connectivity index (χ3v) is 7.22. The molecule has 4 aromatic carbocycles. The molecule has 4 aromatic rings. The van der Waals surface area contributed by atoms with Crippen LogP contribution in [0.1, 0.15) is 33.0 Å². The highest BCUT2D eigenvalue weighted by atomic mass is 32.2. The largest absolute Gasteiger partial charge is 0.493 e. The van der Waals surface area contributed by atoms with Crippen molar-refractivity contribution in [2.45, 2.75) is 22.1 Å². The molecule has 0 saturated heterocycles. The normalized spacial score (nSPS) is 11.3. The molecule has 4 rings (SSSR count). The Morgan fingerprint density at radius 1 is 0.865 bits per heavy atom. The van der Waals surface area contributed by atoms with Crippen molar-refractivity contribution in [2.75, 3.05) is 20.8 Å². The number of carbonyl (C=O) groups excluding carboxylic acids is 1. The van der Waals surface area contributed by atoms with E-state index in [0.29, 0.717) is 29.2 Å². The van der Waals surface area contributed by atoms with Crippen LogP contribution in [0.15, 0.2) is 107 Å². The fraction of sp³-hybridized carbons (Fsp3) is 0.161. The number of rotatable bonds is 10. The summed E-state index contributed by atoms with van der Waals surface area (Å²) in [6.07, 6.45) is 0.753. The number of hydrogen-bond donors (Lipinski definition) is 1. The second kappa shape index (κ2) is 12.7. The molecule has 1 N–H and O–H groups in total. The molecular formula is C31H28N2O3S. The van der Waals surface area contributed by atoms with E-state index in [1.165, 1.54) is 17.3 Å². The fourth-order valence-corrected chi connectivity index (χ4v) is 5.16. The first-order valence-corrected chi connectivity index (χ1v) is 12.7. The molecule has 0 aliphatic rings. The maximum absolute atomic E-state index is 13.4. The van der Waals surface area contributed by atoms with Gasteiger partial charge in [-0.25, -0.2) is 0 Å². The molecule has 0 aliphatic carbocycles. The summed E-state index contributed by atoms with van der Waals surface area (Å²) in [6.45, 7) is 0.441. The molecule has 0 saturated carbocycles. The number of nitrogens with zero attached hydrogens (tertiary/aromatic N) is 1. The van der Waals surface area contributed by atoms with E-state index in [2.05, 4.69) is 23.5 Å². The van der Waals surface area contributed by atoms with Crippen molar-refractivity contribution in [3.05, 3.63) is 119 Å². The van der Waals surface area contributed by atoms with Gasteiger partial charge in [-0.15, -0.1) is 0 Å². The molecule has 37 heavy (non-hydrogen) atoms. The van der Waals surface area contributed by atoms with Gasteiger partial charge >= 0.3 is 0 Å². The Balaban J connectivity index is 1.57. The topological polar surface area (TPSA) is 71.3 Å². The molecule has 5 nitrogen and oxygen atoms in total. The Kier molecular flexibility index (Phi) is 8.85. The number of hydrogen-bond acceptors (Lipinski definition) is 5. The number of carbonyl (C=O) groups is 1. The summed E-state index contributed by atoms with van der Waals surface area (Å²) in [7, 11) is 3.23. The highest BCUT2D eigenvalue weighted by Gasteiger charge is 2.19. The Hall–Kier alpha value is -4.21. The van der Waals surface area contributed by atoms with Crippen LogP contribution in [-0.4, -0.2) is 26.7 Å². The summed E-state index contributed by atoms with van der Waals surface area (Å²) in [4.78, 5) is 15.0. The third-order valence-electron chi connectivity index (χ3n) is 6.07. The van der Waals surface area contributed by atoms with Crippen LogP contribution in [0.3, 0.4) is 0 Å². The van der Waals surface area contributed by atoms with Crippen LogP contribution in [0.5, 0.6) is 11.5 Å². The third kappa shape index (κ3) is 6.52. The molecule has 0 bridgehead atoms. The van der Waals surface area contributed by atoms with E-state index in [1.807, 2.05) is 78.9 Å². The lowest BCUT2D eigenvalue weighted by molar-refractivity contribution is 0.0948. The van der Waals surface area contributed by atoms with Crippen molar-refractivity contribution in [3.63, 3.8) is 0 Å². The van der Waals surface area contributed by atoms with Crippen LogP contribution in [0.4, 0.5) is 0 Å². The number of nitriles is 1. The predicted octanol–water partition coefficient (Wildman–Crippen LogP) is 6.48. The quantitative estimate of drug-likeness (QED) is 0.265. The van der Waals surface area contributed by atoms with Crippen LogP contribution in [0.25, 0.3) is 0 Å². The second-order valence-corrected chi connectivity index (χ2v) is 9.50. The zero-order valence-corrected chi connectivity index (χ0v) is 21.6. The van der Waals surface area contributed by atoms with Gasteiger partial charge in [0.2, 0.25) is 0 Å². The second-order valence-electron chi connectivity index (χ2n) is 8.42. The lowest BCUT2D eigenvalue weighted by atomic mass is 9.91. The summed E-state index contributed by atoms with van der Waals surface area (Å²) in [5.74, 6) is 1.18. The van der Waals surface area contributed by atoms with E-state index in [1.54, 1.807) is 20.3 Å². The monoisotopic (exact) mass is 508 g/mol. The van der Waals surface area contributed by atoms with Gasteiger partial charge in [-0.2, -0.15) is 5.26 Å². The predicted molar refractivity (Wildman–Crippen MR) is 146 cm³/mol. The summed E-state index contributed by atoms with van der Waals surface area (Å²) >= 11 is 1.42. The first kappa shape index (κ1) is 25.9. The molecule has 0 aromatic heterocycles. The molecule has 1 amide bonds. The Labute approximate surface area is 222 Å². The summed E-state index contributed by atoms with van der Waals surface area (Å²) in [6, 6.07) is 33.2. The zero-order chi connectivity index (χ0) is 26.0. The van der Waals surface area contributed by atoms with Gasteiger partial charge < -0.3 is 14.8 Å². The van der Waals surface area contributed by atoms with Gasteiger partial charge in [-0.05, 0) is 53.9 Å². The van der Waals surface area contributed by atoms with Crippen molar-refractivity contribution in [3.8, 4) is 17.6 Å². The summed E-state index contributed by atoms with van der Waals surface area (Å²) < 4.78 is 10.9. The molecule has 0 fully saturated rings. The minimum Gasteiger partial charge on any atom is -0.493 e. The molecule has 6 heteroatoms. The highest BCUT2D eigenvalue weighted by molar-refractivity contribution is 7.99. The first-order chi connectivity index (χ1) is 18.1. The van der Waals surface area contributed by atoms with E-state index in [4.69, 9.17) is 9.47 Å². The van der Waals surface area contributed by atoms with Crippen LogP contribution in [0.2, 0.25) is 0 Å².